The fourth-order valence-electron chi connectivity index (χ4n) is 0.876. The number of carbonyl (C=O) groups is 1. The summed E-state index contributed by atoms with van der Waals surface area (Å²) in [5.41, 5.74) is 0. The van der Waals surface area contributed by atoms with Crippen LogP contribution in [-0.2, 0) is 4.79 Å². The van der Waals surface area contributed by atoms with Crippen LogP contribution >= 0.6 is 0 Å². The first kappa shape index (κ1) is 7.78. The van der Waals surface area contributed by atoms with Crippen LogP contribution in [-0.4, -0.2) is 22.9 Å². The van der Waals surface area contributed by atoms with Crippen LogP contribution in [0.15, 0.2) is 12.5 Å². The second-order valence-electron chi connectivity index (χ2n) is 2.24. The summed E-state index contributed by atoms with van der Waals surface area (Å²) in [6, 6.07) is 0. The van der Waals surface area contributed by atoms with Crippen molar-refractivity contribution in [3.8, 4) is 0 Å². The number of H-pyrrole nitrogens is 1. The normalized spacial score (nSPS) is 9.55. The van der Waals surface area contributed by atoms with Gasteiger partial charge in [0.05, 0.1) is 12.5 Å². The van der Waals surface area contributed by atoms with Gasteiger partial charge in [-0.25, -0.2) is 4.98 Å². The van der Waals surface area contributed by atoms with Gasteiger partial charge in [-0.15, -0.1) is 0 Å². The Balaban J connectivity index is 2.63. The molecule has 0 atom stereocenters. The van der Waals surface area contributed by atoms with Crippen LogP contribution in [0.2, 0.25) is 0 Å². The first-order valence-electron chi connectivity index (χ1n) is 3.58. The molecule has 11 heavy (non-hydrogen) atoms. The Kier molecular flexibility index (Phi) is 2.66. The van der Waals surface area contributed by atoms with E-state index < -0.39 is 0 Å². The molecule has 0 aromatic carbocycles. The lowest BCUT2D eigenvalue weighted by Gasteiger charge is -2.12. The van der Waals surface area contributed by atoms with Crippen LogP contribution in [0.3, 0.4) is 0 Å². The fraction of sp³-hybridized carbons (Fsp3) is 0.429. The minimum atomic E-state index is 0.728. The van der Waals surface area contributed by atoms with Crippen LogP contribution < -0.4 is 4.90 Å². The van der Waals surface area contributed by atoms with Crippen LogP contribution in [0.4, 0.5) is 5.82 Å². The van der Waals surface area contributed by atoms with Gasteiger partial charge in [0, 0.05) is 6.54 Å². The average molecular weight is 153 g/mol. The van der Waals surface area contributed by atoms with Crippen molar-refractivity contribution in [1.82, 2.24) is 9.97 Å². The zero-order chi connectivity index (χ0) is 8.10. The molecule has 60 valence electrons. The van der Waals surface area contributed by atoms with Gasteiger partial charge in [0.25, 0.3) is 0 Å². The molecule has 1 rings (SSSR count). The first-order valence-corrected chi connectivity index (χ1v) is 3.58. The average Bonchev–Trinajstić information content (AvgIpc) is 2.52. The lowest BCUT2D eigenvalue weighted by atomic mass is 10.4. The zero-order valence-corrected chi connectivity index (χ0v) is 6.45. The molecule has 0 radical (unpaired) electrons. The largest absolute Gasteiger partial charge is 0.331 e. The van der Waals surface area contributed by atoms with E-state index in [1.165, 1.54) is 0 Å². The Hall–Kier alpha value is -1.32. The zero-order valence-electron chi connectivity index (χ0n) is 6.45. The van der Waals surface area contributed by atoms with E-state index in [0.29, 0.717) is 0 Å². The van der Waals surface area contributed by atoms with E-state index in [9.17, 15) is 4.79 Å². The smallest absolute Gasteiger partial charge is 0.215 e. The highest BCUT2D eigenvalue weighted by Crippen LogP contribution is 2.05. The van der Waals surface area contributed by atoms with Gasteiger partial charge in [-0.2, -0.15) is 0 Å². The molecule has 0 saturated carbocycles. The van der Waals surface area contributed by atoms with Gasteiger partial charge in [0.15, 0.2) is 0 Å². The molecular formula is C7H11N3O. The van der Waals surface area contributed by atoms with Crippen LogP contribution in [0.5, 0.6) is 0 Å². The number of aromatic nitrogens is 2. The summed E-state index contributed by atoms with van der Waals surface area (Å²) < 4.78 is 0. The summed E-state index contributed by atoms with van der Waals surface area (Å²) in [4.78, 5) is 18.7. The third kappa shape index (κ3) is 1.80. The predicted molar refractivity (Wildman–Crippen MR) is 42.3 cm³/mol. The van der Waals surface area contributed by atoms with Crippen molar-refractivity contribution < 1.29 is 4.79 Å². The Morgan fingerprint density at radius 2 is 2.64 bits per heavy atom. The van der Waals surface area contributed by atoms with Crippen molar-refractivity contribution in [3.05, 3.63) is 12.5 Å². The number of nitrogens with zero attached hydrogens (tertiary/aromatic N) is 2. The minimum absolute atomic E-state index is 0.728. The number of imidazole rings is 1. The van der Waals surface area contributed by atoms with E-state index in [4.69, 9.17) is 0 Å². The summed E-state index contributed by atoms with van der Waals surface area (Å²) in [6.07, 6.45) is 4.93. The van der Waals surface area contributed by atoms with Gasteiger partial charge in [0.1, 0.15) is 5.82 Å². The number of anilines is 1. The molecule has 1 heterocycles. The predicted octanol–water partition coefficient (Wildman–Crippen LogP) is 0.782. The molecule has 4 heteroatoms. The van der Waals surface area contributed by atoms with Crippen molar-refractivity contribution >= 4 is 12.2 Å². The molecule has 0 saturated heterocycles. The monoisotopic (exact) mass is 153 g/mol. The fourth-order valence-corrected chi connectivity index (χ4v) is 0.876. The summed E-state index contributed by atoms with van der Waals surface area (Å²) in [5, 5.41) is 0. The molecule has 0 spiro atoms. The van der Waals surface area contributed by atoms with Gasteiger partial charge >= 0.3 is 0 Å². The molecule has 4 nitrogen and oxygen atoms in total. The Labute approximate surface area is 65.2 Å². The van der Waals surface area contributed by atoms with Crippen molar-refractivity contribution in [1.29, 1.82) is 0 Å². The van der Waals surface area contributed by atoms with Crippen LogP contribution in [0, 0.1) is 0 Å². The Morgan fingerprint density at radius 1 is 1.82 bits per heavy atom. The summed E-state index contributed by atoms with van der Waals surface area (Å²) >= 11 is 0. The lowest BCUT2D eigenvalue weighted by molar-refractivity contribution is -0.107. The van der Waals surface area contributed by atoms with E-state index in [1.54, 1.807) is 17.4 Å². The topological polar surface area (TPSA) is 49.0 Å². The Morgan fingerprint density at radius 3 is 3.09 bits per heavy atom. The van der Waals surface area contributed by atoms with E-state index in [2.05, 4.69) is 9.97 Å². The maximum atomic E-state index is 10.5. The first-order chi connectivity index (χ1) is 5.38. The number of rotatable bonds is 4. The van der Waals surface area contributed by atoms with Gasteiger partial charge in [-0.1, -0.05) is 6.92 Å². The second kappa shape index (κ2) is 3.75. The lowest BCUT2D eigenvalue weighted by Crippen LogP contribution is -2.21. The van der Waals surface area contributed by atoms with Crippen LogP contribution in [0.25, 0.3) is 0 Å². The summed E-state index contributed by atoms with van der Waals surface area (Å²) in [7, 11) is 0. The Bertz CT molecular complexity index is 207. The number of nitrogens with one attached hydrogen (secondary N) is 1. The number of hydrogen-bond donors (Lipinski definition) is 1. The molecule has 0 unspecified atom stereocenters. The molecule has 1 amide bonds. The highest BCUT2D eigenvalue weighted by molar-refractivity contribution is 5.72. The van der Waals surface area contributed by atoms with E-state index in [-0.39, 0.29) is 0 Å². The van der Waals surface area contributed by atoms with Gasteiger partial charge in [-0.3, -0.25) is 9.69 Å². The standard InChI is InChI=1S/C7H11N3O/c1-2-3-10(6-11)7-4-8-5-9-7/h4-6H,2-3H2,1H3,(H,8,9). The number of aromatic amines is 1. The van der Waals surface area contributed by atoms with E-state index in [1.807, 2.05) is 6.92 Å². The maximum absolute atomic E-state index is 10.5. The number of amides is 1. The molecule has 1 aromatic rings. The highest BCUT2D eigenvalue weighted by atomic mass is 16.1. The van der Waals surface area contributed by atoms with Gasteiger partial charge in [0.2, 0.25) is 6.41 Å². The van der Waals surface area contributed by atoms with Crippen LogP contribution in [0.1, 0.15) is 13.3 Å². The minimum Gasteiger partial charge on any atom is -0.331 e. The molecule has 0 aliphatic carbocycles. The molecular weight excluding hydrogens is 142 g/mol. The molecule has 0 aliphatic rings. The summed E-state index contributed by atoms with van der Waals surface area (Å²) in [6.45, 7) is 2.75. The van der Waals surface area contributed by atoms with Gasteiger partial charge < -0.3 is 4.98 Å². The quantitative estimate of drug-likeness (QED) is 0.650. The molecule has 0 bridgehead atoms. The summed E-state index contributed by atoms with van der Waals surface area (Å²) in [5.74, 6) is 0.752. The second-order valence-corrected chi connectivity index (χ2v) is 2.24. The van der Waals surface area contributed by atoms with Gasteiger partial charge in [-0.05, 0) is 6.42 Å². The SMILES string of the molecule is CCCN(C=O)c1cnc[nH]1. The van der Waals surface area contributed by atoms with E-state index >= 15 is 0 Å². The molecule has 1 aromatic heterocycles. The molecule has 0 aliphatic heterocycles. The number of hydrogen-bond acceptors (Lipinski definition) is 2. The van der Waals surface area contributed by atoms with Crippen molar-refractivity contribution in [2.24, 2.45) is 0 Å². The van der Waals surface area contributed by atoms with E-state index in [0.717, 1.165) is 25.2 Å². The molecule has 0 fully saturated rings. The molecule has 1 N–H and O–H groups in total. The van der Waals surface area contributed by atoms with Crippen molar-refractivity contribution in [2.75, 3.05) is 11.4 Å². The van der Waals surface area contributed by atoms with Crippen molar-refractivity contribution in [3.63, 3.8) is 0 Å². The number of carbonyl (C=O) groups excluding carboxylic acids is 1. The third-order valence-corrected chi connectivity index (χ3v) is 1.38. The third-order valence-electron chi connectivity index (χ3n) is 1.38. The van der Waals surface area contributed by atoms with Crippen molar-refractivity contribution in [2.45, 2.75) is 13.3 Å². The highest BCUT2D eigenvalue weighted by Gasteiger charge is 2.02. The maximum Gasteiger partial charge on any atom is 0.215 e.